The van der Waals surface area contributed by atoms with E-state index in [0.717, 1.165) is 66.4 Å². The summed E-state index contributed by atoms with van der Waals surface area (Å²) in [4.78, 5) is 50.8. The molecule has 11 heteroatoms. The van der Waals surface area contributed by atoms with Crippen molar-refractivity contribution >= 4 is 51.9 Å². The molecule has 0 bridgehead atoms. The minimum Gasteiger partial charge on any atom is -0.381 e. The molecule has 2 saturated heterocycles. The number of anilines is 4. The number of terminal acetylenes is 1. The standard InChI is InChI=1S/C42H36FN5O4S/c1-3-27-7-6-9-33(43)36(27)46-40(50)35-22-29-15-18-48(34-10-5-4-8-31(34)37(29)53-35)41(51)28-11-13-30(14-12-28)45-39(49)32-21-26(2)23-44-38(32)47-24-42(25-47)16-19-52-20-17-42/h1,4-14,21-23H,15-20,24-25H2,2H3,(H,45,49)(H,46,50). The van der Waals surface area contributed by atoms with Crippen LogP contribution in [0.4, 0.5) is 27.3 Å². The van der Waals surface area contributed by atoms with E-state index in [4.69, 9.17) is 11.2 Å². The van der Waals surface area contributed by atoms with Gasteiger partial charge < -0.3 is 25.2 Å². The van der Waals surface area contributed by atoms with Crippen molar-refractivity contribution in [1.29, 1.82) is 0 Å². The summed E-state index contributed by atoms with van der Waals surface area (Å²) in [5, 5.41) is 5.66. The zero-order chi connectivity index (χ0) is 36.7. The lowest BCUT2D eigenvalue weighted by Crippen LogP contribution is -2.59. The van der Waals surface area contributed by atoms with Crippen molar-refractivity contribution in [3.63, 3.8) is 0 Å². The summed E-state index contributed by atoms with van der Waals surface area (Å²) in [6, 6.07) is 22.5. The van der Waals surface area contributed by atoms with E-state index in [-0.39, 0.29) is 28.5 Å². The number of nitrogens with zero attached hydrogens (tertiary/aromatic N) is 3. The van der Waals surface area contributed by atoms with Gasteiger partial charge in [-0.1, -0.05) is 30.2 Å². The third kappa shape index (κ3) is 6.56. The van der Waals surface area contributed by atoms with Crippen molar-refractivity contribution in [2.75, 3.05) is 53.3 Å². The fraction of sp³-hybridized carbons (Fsp3) is 0.238. The van der Waals surface area contributed by atoms with Gasteiger partial charge in [0.25, 0.3) is 17.7 Å². The number of rotatable bonds is 6. The first-order valence-electron chi connectivity index (χ1n) is 17.5. The summed E-state index contributed by atoms with van der Waals surface area (Å²) >= 11 is 1.29. The number of halogens is 1. The molecular formula is C42H36FN5O4S. The molecule has 0 saturated carbocycles. The molecule has 2 fully saturated rings. The van der Waals surface area contributed by atoms with E-state index in [1.807, 2.05) is 37.3 Å². The van der Waals surface area contributed by atoms with Gasteiger partial charge in [-0.3, -0.25) is 14.4 Å². The highest BCUT2D eigenvalue weighted by atomic mass is 32.1. The van der Waals surface area contributed by atoms with Crippen molar-refractivity contribution in [3.8, 4) is 22.8 Å². The second kappa shape index (κ2) is 14.0. The zero-order valence-corrected chi connectivity index (χ0v) is 29.9. The lowest BCUT2D eigenvalue weighted by atomic mass is 9.73. The van der Waals surface area contributed by atoms with E-state index in [1.54, 1.807) is 47.5 Å². The molecule has 0 atom stereocenters. The summed E-state index contributed by atoms with van der Waals surface area (Å²) in [5.74, 6) is 1.59. The summed E-state index contributed by atoms with van der Waals surface area (Å²) in [6.45, 7) is 5.56. The van der Waals surface area contributed by atoms with Gasteiger partial charge in [-0.15, -0.1) is 17.8 Å². The van der Waals surface area contributed by atoms with Gasteiger partial charge in [-0.2, -0.15) is 0 Å². The monoisotopic (exact) mass is 725 g/mol. The smallest absolute Gasteiger partial charge is 0.265 e. The van der Waals surface area contributed by atoms with E-state index in [2.05, 4.69) is 26.4 Å². The Bertz CT molecular complexity index is 2300. The largest absolute Gasteiger partial charge is 0.381 e. The Morgan fingerprint density at radius 1 is 0.962 bits per heavy atom. The predicted molar refractivity (Wildman–Crippen MR) is 205 cm³/mol. The number of carbonyl (C=O) groups excluding carboxylic acids is 3. The Morgan fingerprint density at radius 2 is 1.74 bits per heavy atom. The number of aryl methyl sites for hydroxylation is 1. The van der Waals surface area contributed by atoms with Crippen LogP contribution >= 0.6 is 11.3 Å². The SMILES string of the molecule is C#Cc1cccc(F)c1NC(=O)c1cc2c(s1)-c1ccccc1N(C(=O)c1ccc(NC(=O)c3cc(C)cnc3N3CC4(CCOCC4)C3)cc1)CC2. The maximum atomic E-state index is 14.5. The number of nitrogens with one attached hydrogen (secondary N) is 2. The van der Waals surface area contributed by atoms with E-state index >= 15 is 0 Å². The van der Waals surface area contributed by atoms with Crippen LogP contribution in [0.15, 0.2) is 85.1 Å². The fourth-order valence-corrected chi connectivity index (χ4v) is 8.57. The first kappa shape index (κ1) is 34.3. The Hall–Kier alpha value is -5.83. The van der Waals surface area contributed by atoms with Crippen molar-refractivity contribution in [1.82, 2.24) is 4.98 Å². The fourth-order valence-electron chi connectivity index (χ4n) is 7.43. The molecule has 0 radical (unpaired) electrons. The van der Waals surface area contributed by atoms with Gasteiger partial charge in [0.1, 0.15) is 11.6 Å². The van der Waals surface area contributed by atoms with Crippen LogP contribution in [0.1, 0.15) is 59.9 Å². The zero-order valence-electron chi connectivity index (χ0n) is 29.1. The number of carbonyl (C=O) groups is 3. The van der Waals surface area contributed by atoms with E-state index in [0.29, 0.717) is 40.5 Å². The minimum absolute atomic E-state index is 0.0291. The minimum atomic E-state index is -0.606. The molecule has 0 aliphatic carbocycles. The molecule has 0 unspecified atom stereocenters. The average Bonchev–Trinajstić information content (AvgIpc) is 3.53. The first-order chi connectivity index (χ1) is 25.7. The Balaban J connectivity index is 0.978. The van der Waals surface area contributed by atoms with Crippen LogP contribution in [0.2, 0.25) is 0 Å². The second-order valence-electron chi connectivity index (χ2n) is 13.8. The van der Waals surface area contributed by atoms with Gasteiger partial charge in [-0.05, 0) is 91.9 Å². The van der Waals surface area contributed by atoms with E-state index in [9.17, 15) is 18.8 Å². The number of aromatic nitrogens is 1. The van der Waals surface area contributed by atoms with Gasteiger partial charge >= 0.3 is 0 Å². The molecule has 3 aliphatic rings. The normalized spacial score (nSPS) is 15.7. The third-order valence-electron chi connectivity index (χ3n) is 10.3. The van der Waals surface area contributed by atoms with Gasteiger partial charge in [0, 0.05) is 66.2 Å². The third-order valence-corrected chi connectivity index (χ3v) is 11.5. The average molecular weight is 726 g/mol. The second-order valence-corrected chi connectivity index (χ2v) is 14.9. The van der Waals surface area contributed by atoms with Crippen LogP contribution in [0.3, 0.4) is 0 Å². The first-order valence-corrected chi connectivity index (χ1v) is 18.3. The molecule has 3 aromatic carbocycles. The number of amides is 3. The number of ether oxygens (including phenoxy) is 1. The van der Waals surface area contributed by atoms with Gasteiger partial charge in [-0.25, -0.2) is 9.37 Å². The number of para-hydroxylation sites is 2. The number of benzene rings is 3. The number of hydrogen-bond donors (Lipinski definition) is 2. The van der Waals surface area contributed by atoms with Crippen LogP contribution in [0.5, 0.6) is 0 Å². The number of thiophene rings is 1. The molecule has 53 heavy (non-hydrogen) atoms. The summed E-state index contributed by atoms with van der Waals surface area (Å²) in [6.07, 6.45) is 9.87. The molecule has 3 aliphatic heterocycles. The number of pyridine rings is 1. The van der Waals surface area contributed by atoms with Crippen LogP contribution in [0, 0.1) is 30.5 Å². The molecule has 5 heterocycles. The van der Waals surface area contributed by atoms with Gasteiger partial charge in [0.05, 0.1) is 27.4 Å². The number of hydrogen-bond acceptors (Lipinski definition) is 7. The molecule has 2 aromatic heterocycles. The maximum Gasteiger partial charge on any atom is 0.265 e. The highest BCUT2D eigenvalue weighted by molar-refractivity contribution is 7.17. The lowest BCUT2D eigenvalue weighted by Gasteiger charge is -2.53. The molecule has 5 aromatic rings. The molecular weight excluding hydrogens is 690 g/mol. The molecule has 1 spiro atoms. The van der Waals surface area contributed by atoms with Gasteiger partial charge in [0.15, 0.2) is 0 Å². The Kier molecular flexibility index (Phi) is 9.02. The topological polar surface area (TPSA) is 104 Å². The van der Waals surface area contributed by atoms with E-state index < -0.39 is 11.7 Å². The van der Waals surface area contributed by atoms with Crippen LogP contribution in [-0.4, -0.2) is 55.6 Å². The highest BCUT2D eigenvalue weighted by Crippen LogP contribution is 2.44. The molecule has 9 nitrogen and oxygen atoms in total. The Labute approximate surface area is 310 Å². The van der Waals surface area contributed by atoms with Crippen molar-refractivity contribution in [2.24, 2.45) is 5.41 Å². The quantitative estimate of drug-likeness (QED) is 0.175. The van der Waals surface area contributed by atoms with Crippen LogP contribution < -0.4 is 20.4 Å². The Morgan fingerprint density at radius 3 is 2.51 bits per heavy atom. The summed E-state index contributed by atoms with van der Waals surface area (Å²) in [5.41, 5.74) is 5.38. The van der Waals surface area contributed by atoms with Gasteiger partial charge in [0.2, 0.25) is 0 Å². The molecule has 2 N–H and O–H groups in total. The number of fused-ring (bicyclic) bond motifs is 3. The molecule has 8 rings (SSSR count). The van der Waals surface area contributed by atoms with Crippen LogP contribution in [-0.2, 0) is 11.2 Å². The highest BCUT2D eigenvalue weighted by Gasteiger charge is 2.45. The molecule has 266 valence electrons. The van der Waals surface area contributed by atoms with Crippen LogP contribution in [0.25, 0.3) is 10.4 Å². The molecule has 3 amide bonds. The predicted octanol–water partition coefficient (Wildman–Crippen LogP) is 7.56. The lowest BCUT2D eigenvalue weighted by molar-refractivity contribution is -0.000511. The summed E-state index contributed by atoms with van der Waals surface area (Å²) < 4.78 is 20.1. The van der Waals surface area contributed by atoms with Crippen molar-refractivity contribution in [3.05, 3.63) is 124 Å². The van der Waals surface area contributed by atoms with Crippen molar-refractivity contribution < 1.29 is 23.5 Å². The summed E-state index contributed by atoms with van der Waals surface area (Å²) in [7, 11) is 0. The maximum absolute atomic E-state index is 14.5. The van der Waals surface area contributed by atoms with E-state index in [1.165, 1.54) is 23.5 Å². The van der Waals surface area contributed by atoms with Crippen molar-refractivity contribution in [2.45, 2.75) is 26.2 Å².